The summed E-state index contributed by atoms with van der Waals surface area (Å²) in [5, 5.41) is 11.5. The van der Waals surface area contributed by atoms with E-state index in [1.54, 1.807) is 55.6 Å². The van der Waals surface area contributed by atoms with Crippen LogP contribution >= 0.6 is 0 Å². The first-order chi connectivity index (χ1) is 15.4. The summed E-state index contributed by atoms with van der Waals surface area (Å²) in [4.78, 5) is 36.3. The van der Waals surface area contributed by atoms with E-state index in [-0.39, 0.29) is 30.2 Å². The van der Waals surface area contributed by atoms with Crippen molar-refractivity contribution in [1.29, 1.82) is 0 Å². The molecule has 0 saturated heterocycles. The molecule has 0 aromatic heterocycles. The van der Waals surface area contributed by atoms with Crippen LogP contribution in [-0.2, 0) is 14.3 Å². The van der Waals surface area contributed by atoms with E-state index in [4.69, 9.17) is 4.74 Å². The highest BCUT2D eigenvalue weighted by Crippen LogP contribution is 2.15. The summed E-state index contributed by atoms with van der Waals surface area (Å²) in [6, 6.07) is 13.9. The number of carbonyl (C=O) groups excluding carboxylic acids is 3. The number of anilines is 3. The van der Waals surface area contributed by atoms with Crippen molar-refractivity contribution in [3.05, 3.63) is 54.1 Å². The minimum atomic E-state index is -0.226. The van der Waals surface area contributed by atoms with Crippen LogP contribution in [-0.4, -0.2) is 44.5 Å². The highest BCUT2D eigenvalue weighted by molar-refractivity contribution is 5.96. The summed E-state index contributed by atoms with van der Waals surface area (Å²) in [7, 11) is 1.62. The zero-order valence-corrected chi connectivity index (χ0v) is 18.9. The van der Waals surface area contributed by atoms with Crippen molar-refractivity contribution in [2.45, 2.75) is 26.7 Å². The summed E-state index contributed by atoms with van der Waals surface area (Å²) in [5.41, 5.74) is 2.50. The largest absolute Gasteiger partial charge is 0.385 e. The first-order valence-corrected chi connectivity index (χ1v) is 10.7. The van der Waals surface area contributed by atoms with Crippen LogP contribution in [0.1, 0.15) is 37.0 Å². The van der Waals surface area contributed by atoms with Crippen molar-refractivity contribution in [3.8, 4) is 0 Å². The van der Waals surface area contributed by atoms with Gasteiger partial charge in [0, 0.05) is 49.3 Å². The minimum absolute atomic E-state index is 0.0353. The predicted octanol–water partition coefficient (Wildman–Crippen LogP) is 3.49. The Bertz CT molecular complexity index is 897. The predicted molar refractivity (Wildman–Crippen MR) is 127 cm³/mol. The minimum Gasteiger partial charge on any atom is -0.385 e. The molecule has 2 aromatic rings. The van der Waals surface area contributed by atoms with Gasteiger partial charge in [-0.3, -0.25) is 14.4 Å². The van der Waals surface area contributed by atoms with Crippen LogP contribution < -0.4 is 21.3 Å². The third-order valence-electron chi connectivity index (χ3n) is 4.43. The van der Waals surface area contributed by atoms with E-state index in [1.165, 1.54) is 0 Å². The monoisotopic (exact) mass is 440 g/mol. The van der Waals surface area contributed by atoms with Crippen molar-refractivity contribution in [1.82, 2.24) is 5.32 Å². The Balaban J connectivity index is 1.80. The van der Waals surface area contributed by atoms with E-state index in [2.05, 4.69) is 21.3 Å². The molecule has 0 bridgehead atoms. The van der Waals surface area contributed by atoms with Gasteiger partial charge in [0.05, 0.1) is 6.54 Å². The Morgan fingerprint density at radius 1 is 0.906 bits per heavy atom. The smallest absolute Gasteiger partial charge is 0.251 e. The van der Waals surface area contributed by atoms with Crippen molar-refractivity contribution >= 4 is 34.8 Å². The lowest BCUT2D eigenvalue weighted by Crippen LogP contribution is -2.25. The van der Waals surface area contributed by atoms with Crippen molar-refractivity contribution in [3.63, 3.8) is 0 Å². The Kier molecular flexibility index (Phi) is 10.2. The highest BCUT2D eigenvalue weighted by Gasteiger charge is 2.08. The molecule has 0 atom stereocenters. The van der Waals surface area contributed by atoms with E-state index >= 15 is 0 Å². The molecule has 0 spiro atoms. The molecule has 0 fully saturated rings. The quantitative estimate of drug-likeness (QED) is 0.378. The summed E-state index contributed by atoms with van der Waals surface area (Å²) in [6.45, 7) is 5.15. The van der Waals surface area contributed by atoms with Gasteiger partial charge in [0.25, 0.3) is 5.91 Å². The Labute approximate surface area is 189 Å². The molecule has 0 saturated carbocycles. The van der Waals surface area contributed by atoms with Crippen molar-refractivity contribution < 1.29 is 19.1 Å². The molecular weight excluding hydrogens is 408 g/mol. The van der Waals surface area contributed by atoms with Gasteiger partial charge in [-0.2, -0.15) is 0 Å². The molecule has 2 rings (SSSR count). The zero-order valence-electron chi connectivity index (χ0n) is 18.9. The molecule has 8 nitrogen and oxygen atoms in total. The lowest BCUT2D eigenvalue weighted by atomic mass is 10.1. The lowest BCUT2D eigenvalue weighted by molar-refractivity contribution is -0.117. The third-order valence-corrected chi connectivity index (χ3v) is 4.43. The average molecular weight is 441 g/mol. The molecule has 3 amide bonds. The maximum absolute atomic E-state index is 12.3. The van der Waals surface area contributed by atoms with Crippen LogP contribution in [0.4, 0.5) is 17.1 Å². The zero-order chi connectivity index (χ0) is 23.3. The van der Waals surface area contributed by atoms with E-state index in [9.17, 15) is 14.4 Å². The topological polar surface area (TPSA) is 109 Å². The number of nitrogens with one attached hydrogen (secondary N) is 4. The summed E-state index contributed by atoms with van der Waals surface area (Å²) in [5.74, 6) is -0.144. The molecule has 0 heterocycles. The second-order valence-corrected chi connectivity index (χ2v) is 7.81. The molecule has 172 valence electrons. The van der Waals surface area contributed by atoms with E-state index in [0.29, 0.717) is 42.2 Å². The van der Waals surface area contributed by atoms with Crippen LogP contribution in [0.5, 0.6) is 0 Å². The van der Waals surface area contributed by atoms with Gasteiger partial charge in [-0.15, -0.1) is 0 Å². The summed E-state index contributed by atoms with van der Waals surface area (Å²) in [6.07, 6.45) is 1.20. The number of methoxy groups -OCH3 is 1. The number of benzene rings is 2. The number of amides is 3. The maximum atomic E-state index is 12.3. The Morgan fingerprint density at radius 3 is 2.19 bits per heavy atom. The lowest BCUT2D eigenvalue weighted by Gasteiger charge is -2.11. The molecule has 0 radical (unpaired) electrons. The summed E-state index contributed by atoms with van der Waals surface area (Å²) >= 11 is 0. The van der Waals surface area contributed by atoms with Gasteiger partial charge in [0.2, 0.25) is 11.8 Å². The number of ether oxygens (including phenoxy) is 1. The molecular formula is C24H32N4O4. The van der Waals surface area contributed by atoms with Crippen LogP contribution in [0, 0.1) is 5.92 Å². The maximum Gasteiger partial charge on any atom is 0.251 e. The van der Waals surface area contributed by atoms with Gasteiger partial charge in [-0.1, -0.05) is 19.9 Å². The van der Waals surface area contributed by atoms with Crippen LogP contribution in [0.3, 0.4) is 0 Å². The molecule has 0 aliphatic rings. The summed E-state index contributed by atoms with van der Waals surface area (Å²) < 4.78 is 4.96. The first kappa shape index (κ1) is 24.9. The molecule has 2 aromatic carbocycles. The molecule has 0 aliphatic heterocycles. The van der Waals surface area contributed by atoms with Gasteiger partial charge in [-0.25, -0.2) is 0 Å². The van der Waals surface area contributed by atoms with Crippen LogP contribution in [0.25, 0.3) is 0 Å². The van der Waals surface area contributed by atoms with E-state index in [1.807, 2.05) is 13.8 Å². The van der Waals surface area contributed by atoms with Crippen LogP contribution in [0.15, 0.2) is 48.5 Å². The number of carbonyl (C=O) groups is 3. The highest BCUT2D eigenvalue weighted by atomic mass is 16.5. The second kappa shape index (κ2) is 13.1. The SMILES string of the molecule is COCCCNC(=O)c1cccc(NCC(=O)Nc2ccc(NC(=O)CC(C)C)cc2)c1. The number of hydrogen-bond donors (Lipinski definition) is 4. The standard InChI is InChI=1S/C24H32N4O4/c1-17(2)14-22(29)27-19-8-10-20(11-9-19)28-23(30)16-26-21-7-4-6-18(15-21)24(31)25-12-5-13-32-3/h4,6-11,15,17,26H,5,12-14,16H2,1-3H3,(H,25,31)(H,27,29)(H,28,30). The first-order valence-electron chi connectivity index (χ1n) is 10.7. The Hall–Kier alpha value is -3.39. The van der Waals surface area contributed by atoms with Gasteiger partial charge < -0.3 is 26.0 Å². The van der Waals surface area contributed by atoms with Gasteiger partial charge >= 0.3 is 0 Å². The average Bonchev–Trinajstić information content (AvgIpc) is 2.76. The number of rotatable bonds is 12. The van der Waals surface area contributed by atoms with E-state index in [0.717, 1.165) is 6.42 Å². The van der Waals surface area contributed by atoms with Crippen molar-refractivity contribution in [2.24, 2.45) is 5.92 Å². The van der Waals surface area contributed by atoms with E-state index < -0.39 is 0 Å². The fourth-order valence-corrected chi connectivity index (χ4v) is 2.90. The molecule has 4 N–H and O–H groups in total. The number of hydrogen-bond acceptors (Lipinski definition) is 5. The Morgan fingerprint density at radius 2 is 1.56 bits per heavy atom. The third kappa shape index (κ3) is 9.18. The fourth-order valence-electron chi connectivity index (χ4n) is 2.90. The normalized spacial score (nSPS) is 10.5. The second-order valence-electron chi connectivity index (χ2n) is 7.81. The van der Waals surface area contributed by atoms with Crippen molar-refractivity contribution in [2.75, 3.05) is 42.8 Å². The van der Waals surface area contributed by atoms with Gasteiger partial charge in [0.1, 0.15) is 0 Å². The molecule has 0 unspecified atom stereocenters. The van der Waals surface area contributed by atoms with Gasteiger partial charge in [-0.05, 0) is 54.8 Å². The molecule has 32 heavy (non-hydrogen) atoms. The molecule has 8 heteroatoms. The molecule has 0 aliphatic carbocycles. The van der Waals surface area contributed by atoms with Gasteiger partial charge in [0.15, 0.2) is 0 Å². The van der Waals surface area contributed by atoms with Crippen LogP contribution in [0.2, 0.25) is 0 Å². The fraction of sp³-hybridized carbons (Fsp3) is 0.375.